The number of likely N-dealkylation sites (tertiary alicyclic amines) is 1. The van der Waals surface area contributed by atoms with E-state index in [9.17, 15) is 4.79 Å². The van der Waals surface area contributed by atoms with E-state index in [0.29, 0.717) is 0 Å². The second-order valence-electron chi connectivity index (χ2n) is 9.56. The summed E-state index contributed by atoms with van der Waals surface area (Å²) in [6, 6.07) is 20.3. The Balaban J connectivity index is 1.54. The minimum Gasteiger partial charge on any atom is -0.369 e. The van der Waals surface area contributed by atoms with Crippen molar-refractivity contribution in [2.75, 3.05) is 32.7 Å². The van der Waals surface area contributed by atoms with Crippen LogP contribution in [0.3, 0.4) is 0 Å². The van der Waals surface area contributed by atoms with E-state index in [2.05, 4.69) is 41.4 Å². The molecule has 4 heteroatoms. The van der Waals surface area contributed by atoms with Gasteiger partial charge in [0.25, 0.3) is 0 Å². The molecule has 1 amide bonds. The van der Waals surface area contributed by atoms with Gasteiger partial charge in [-0.3, -0.25) is 4.79 Å². The van der Waals surface area contributed by atoms with E-state index in [-0.39, 0.29) is 11.8 Å². The molecule has 0 radical (unpaired) electrons. The van der Waals surface area contributed by atoms with Crippen LogP contribution in [0.25, 0.3) is 0 Å². The molecule has 0 aliphatic carbocycles. The van der Waals surface area contributed by atoms with Crippen LogP contribution in [0.5, 0.6) is 0 Å². The summed E-state index contributed by atoms with van der Waals surface area (Å²) in [5, 5.41) is 3.48. The molecule has 1 aliphatic rings. The number of hydrogen-bond donors (Lipinski definition) is 2. The van der Waals surface area contributed by atoms with Crippen molar-refractivity contribution in [3.05, 3.63) is 71.8 Å². The molecular weight excluding hydrogens is 406 g/mol. The Morgan fingerprint density at radius 3 is 2.06 bits per heavy atom. The van der Waals surface area contributed by atoms with E-state index in [1.165, 1.54) is 44.9 Å². The zero-order chi connectivity index (χ0) is 23.4. The number of carbonyl (C=O) groups excluding carboxylic acids is 1. The first-order valence-corrected chi connectivity index (χ1v) is 13.0. The molecule has 0 saturated carbocycles. The third-order valence-corrected chi connectivity index (χ3v) is 7.24. The van der Waals surface area contributed by atoms with Crippen LogP contribution >= 0.6 is 0 Å². The molecule has 1 unspecified atom stereocenters. The number of primary amides is 1. The van der Waals surface area contributed by atoms with Crippen LogP contribution < -0.4 is 11.1 Å². The van der Waals surface area contributed by atoms with Gasteiger partial charge in [0.1, 0.15) is 5.41 Å². The van der Waals surface area contributed by atoms with E-state index >= 15 is 0 Å². The van der Waals surface area contributed by atoms with E-state index in [0.717, 1.165) is 50.3 Å². The molecule has 0 spiro atoms. The lowest BCUT2D eigenvalue weighted by molar-refractivity contribution is -0.123. The topological polar surface area (TPSA) is 58.4 Å². The molecule has 4 nitrogen and oxygen atoms in total. The Morgan fingerprint density at radius 2 is 1.48 bits per heavy atom. The summed E-state index contributed by atoms with van der Waals surface area (Å²) in [5.74, 6) is -0.0457. The van der Waals surface area contributed by atoms with Crippen molar-refractivity contribution in [1.29, 1.82) is 0 Å². The first-order chi connectivity index (χ1) is 16.2. The number of nitrogens with one attached hydrogen (secondary N) is 1. The van der Waals surface area contributed by atoms with Gasteiger partial charge in [-0.1, -0.05) is 93.3 Å². The van der Waals surface area contributed by atoms with Crippen LogP contribution in [0.15, 0.2) is 60.7 Å². The van der Waals surface area contributed by atoms with Gasteiger partial charge in [-0.05, 0) is 68.9 Å². The van der Waals surface area contributed by atoms with Crippen LogP contribution in [-0.4, -0.2) is 43.5 Å². The number of rotatable bonds is 15. The molecule has 3 N–H and O–H groups in total. The van der Waals surface area contributed by atoms with E-state index in [1.807, 2.05) is 36.4 Å². The summed E-state index contributed by atoms with van der Waals surface area (Å²) in [4.78, 5) is 15.7. The predicted molar refractivity (Wildman–Crippen MR) is 138 cm³/mol. The first-order valence-electron chi connectivity index (χ1n) is 13.0. The highest BCUT2D eigenvalue weighted by Crippen LogP contribution is 2.43. The van der Waals surface area contributed by atoms with Gasteiger partial charge in [-0.2, -0.15) is 0 Å². The van der Waals surface area contributed by atoms with Crippen LogP contribution in [-0.2, 0) is 10.2 Å². The molecule has 2 aromatic rings. The number of benzene rings is 2. The molecule has 180 valence electrons. The number of carbonyl (C=O) groups is 1. The Kier molecular flexibility index (Phi) is 10.4. The van der Waals surface area contributed by atoms with Gasteiger partial charge in [-0.25, -0.2) is 0 Å². The fourth-order valence-corrected chi connectivity index (χ4v) is 5.51. The summed E-state index contributed by atoms with van der Waals surface area (Å²) in [5.41, 5.74) is 7.47. The summed E-state index contributed by atoms with van der Waals surface area (Å²) < 4.78 is 0. The number of nitrogens with two attached hydrogens (primary N) is 1. The van der Waals surface area contributed by atoms with Gasteiger partial charge in [0.2, 0.25) is 5.91 Å². The average Bonchev–Trinajstić information content (AvgIpc) is 3.31. The van der Waals surface area contributed by atoms with Crippen LogP contribution in [0.2, 0.25) is 0 Å². The third-order valence-electron chi connectivity index (χ3n) is 7.24. The van der Waals surface area contributed by atoms with Gasteiger partial charge in [-0.15, -0.1) is 0 Å². The predicted octanol–water partition coefficient (Wildman–Crippen LogP) is 5.12. The Labute approximate surface area is 200 Å². The highest BCUT2D eigenvalue weighted by atomic mass is 16.1. The smallest absolute Gasteiger partial charge is 0.232 e. The number of amides is 1. The van der Waals surface area contributed by atoms with Gasteiger partial charge >= 0.3 is 0 Å². The highest BCUT2D eigenvalue weighted by Gasteiger charge is 2.49. The summed E-state index contributed by atoms with van der Waals surface area (Å²) in [6.45, 7) is 7.61. The van der Waals surface area contributed by atoms with Crippen molar-refractivity contribution >= 4 is 5.91 Å². The van der Waals surface area contributed by atoms with Gasteiger partial charge < -0.3 is 16.0 Å². The average molecular weight is 450 g/mol. The fourth-order valence-electron chi connectivity index (χ4n) is 5.51. The molecule has 2 aromatic carbocycles. The molecule has 1 saturated heterocycles. The zero-order valence-electron chi connectivity index (χ0n) is 20.5. The Bertz CT molecular complexity index is 769. The molecule has 3 rings (SSSR count). The van der Waals surface area contributed by atoms with E-state index < -0.39 is 5.41 Å². The standard InChI is InChI=1S/C29H43N3O/c1-2-20-31-21-13-5-3-4-6-14-22-32-23-19-27(24-32)29(28(30)33,25-15-9-7-10-16-25)26-17-11-8-12-18-26/h7-12,15-18,27,31H,2-6,13-14,19-24H2,1H3,(H2,30,33). The Hall–Kier alpha value is -2.17. The molecule has 1 fully saturated rings. The van der Waals surface area contributed by atoms with Crippen molar-refractivity contribution in [3.8, 4) is 0 Å². The van der Waals surface area contributed by atoms with Gasteiger partial charge in [0, 0.05) is 6.54 Å². The second kappa shape index (κ2) is 13.5. The normalized spacial score (nSPS) is 16.8. The van der Waals surface area contributed by atoms with Gasteiger partial charge in [0.05, 0.1) is 0 Å². The SMILES string of the molecule is CCCNCCCCCCCCN1CCC(C(C(N)=O)(c2ccccc2)c2ccccc2)C1. The van der Waals surface area contributed by atoms with Gasteiger partial charge in [0.15, 0.2) is 0 Å². The minimum absolute atomic E-state index is 0.190. The number of unbranched alkanes of at least 4 members (excludes halogenated alkanes) is 5. The minimum atomic E-state index is -0.775. The van der Waals surface area contributed by atoms with Crippen molar-refractivity contribution in [3.63, 3.8) is 0 Å². The maximum absolute atomic E-state index is 13.2. The molecule has 1 atom stereocenters. The first kappa shape index (κ1) is 25.5. The van der Waals surface area contributed by atoms with Crippen molar-refractivity contribution in [1.82, 2.24) is 10.2 Å². The molecule has 0 aromatic heterocycles. The Morgan fingerprint density at radius 1 is 0.909 bits per heavy atom. The molecule has 33 heavy (non-hydrogen) atoms. The van der Waals surface area contributed by atoms with E-state index in [1.54, 1.807) is 0 Å². The van der Waals surface area contributed by atoms with Crippen molar-refractivity contribution in [2.45, 2.75) is 63.7 Å². The van der Waals surface area contributed by atoms with E-state index in [4.69, 9.17) is 5.73 Å². The van der Waals surface area contributed by atoms with Crippen molar-refractivity contribution < 1.29 is 4.79 Å². The van der Waals surface area contributed by atoms with Crippen LogP contribution in [0, 0.1) is 5.92 Å². The van der Waals surface area contributed by atoms with Crippen molar-refractivity contribution in [2.24, 2.45) is 11.7 Å². The maximum atomic E-state index is 13.2. The lowest BCUT2D eigenvalue weighted by Crippen LogP contribution is -2.49. The quantitative estimate of drug-likeness (QED) is 0.371. The van der Waals surface area contributed by atoms with Crippen LogP contribution in [0.4, 0.5) is 0 Å². The zero-order valence-corrected chi connectivity index (χ0v) is 20.5. The molecular formula is C29H43N3O. The summed E-state index contributed by atoms with van der Waals surface area (Å²) in [6.07, 6.45) is 10.0. The molecule has 0 bridgehead atoms. The molecule has 1 aliphatic heterocycles. The summed E-state index contributed by atoms with van der Waals surface area (Å²) >= 11 is 0. The highest BCUT2D eigenvalue weighted by molar-refractivity contribution is 5.91. The second-order valence-corrected chi connectivity index (χ2v) is 9.56. The lowest BCUT2D eigenvalue weighted by Gasteiger charge is -2.37. The third kappa shape index (κ3) is 6.68. The monoisotopic (exact) mass is 449 g/mol. The summed E-state index contributed by atoms with van der Waals surface area (Å²) in [7, 11) is 0. The lowest BCUT2D eigenvalue weighted by atomic mass is 9.64. The largest absolute Gasteiger partial charge is 0.369 e. The fraction of sp³-hybridized carbons (Fsp3) is 0.552. The maximum Gasteiger partial charge on any atom is 0.232 e. The molecule has 1 heterocycles. The van der Waals surface area contributed by atoms with Crippen LogP contribution in [0.1, 0.15) is 69.4 Å². The number of hydrogen-bond acceptors (Lipinski definition) is 3. The number of nitrogens with zero attached hydrogens (tertiary/aromatic N) is 1.